The number of hydrogen-bond acceptors (Lipinski definition) is 7. The van der Waals surface area contributed by atoms with E-state index in [1.165, 1.54) is 23.9 Å². The molecule has 0 saturated carbocycles. The first-order valence-electron chi connectivity index (χ1n) is 11.7. The highest BCUT2D eigenvalue weighted by Crippen LogP contribution is 2.35. The lowest BCUT2D eigenvalue weighted by Gasteiger charge is -2.36. The van der Waals surface area contributed by atoms with Gasteiger partial charge in [0.05, 0.1) is 30.3 Å². The first-order valence-corrected chi connectivity index (χ1v) is 13.0. The summed E-state index contributed by atoms with van der Waals surface area (Å²) in [6.07, 6.45) is 2.86. The Kier molecular flexibility index (Phi) is 7.31. The lowest BCUT2D eigenvalue weighted by Crippen LogP contribution is -2.45. The average Bonchev–Trinajstić information content (AvgIpc) is 3.38. The third-order valence-corrected chi connectivity index (χ3v) is 6.58. The van der Waals surface area contributed by atoms with Crippen molar-refractivity contribution in [2.45, 2.75) is 18.4 Å². The van der Waals surface area contributed by atoms with Gasteiger partial charge >= 0.3 is 0 Å². The third-order valence-electron chi connectivity index (χ3n) is 6.01. The van der Waals surface area contributed by atoms with E-state index in [1.807, 2.05) is 31.4 Å². The SMILES string of the molecule is CSc1nccc(-c2[nH]c(C3OCC(C)(CNC(=O)c4ccccc4)CO3)nc2-c2ccc(F)cc2)n1. The predicted molar refractivity (Wildman–Crippen MR) is 138 cm³/mol. The van der Waals surface area contributed by atoms with Crippen LogP contribution in [0.5, 0.6) is 0 Å². The maximum absolute atomic E-state index is 13.6. The number of halogens is 1. The molecule has 0 unspecified atom stereocenters. The van der Waals surface area contributed by atoms with Crippen molar-refractivity contribution in [2.75, 3.05) is 26.0 Å². The Morgan fingerprint density at radius 1 is 1.11 bits per heavy atom. The fourth-order valence-electron chi connectivity index (χ4n) is 3.97. The number of benzene rings is 2. The van der Waals surface area contributed by atoms with Crippen molar-refractivity contribution < 1.29 is 18.7 Å². The number of imidazole rings is 1. The van der Waals surface area contributed by atoms with E-state index in [1.54, 1.807) is 36.5 Å². The minimum Gasteiger partial charge on any atom is -0.351 e. The summed E-state index contributed by atoms with van der Waals surface area (Å²) in [4.78, 5) is 29.4. The van der Waals surface area contributed by atoms with Gasteiger partial charge in [0, 0.05) is 29.3 Å². The van der Waals surface area contributed by atoms with E-state index in [4.69, 9.17) is 14.5 Å². The molecule has 4 aromatic rings. The van der Waals surface area contributed by atoms with Crippen LogP contribution in [0.4, 0.5) is 4.39 Å². The topological polar surface area (TPSA) is 102 Å². The number of aromatic amines is 1. The summed E-state index contributed by atoms with van der Waals surface area (Å²) in [5.74, 6) is 0.0115. The Bertz CT molecular complexity index is 1370. The lowest BCUT2D eigenvalue weighted by atomic mass is 9.92. The molecule has 8 nitrogen and oxygen atoms in total. The van der Waals surface area contributed by atoms with Gasteiger partial charge in [0.1, 0.15) is 5.82 Å². The van der Waals surface area contributed by atoms with Gasteiger partial charge < -0.3 is 19.8 Å². The van der Waals surface area contributed by atoms with Crippen molar-refractivity contribution in [3.05, 3.63) is 84.1 Å². The minimum atomic E-state index is -0.729. The monoisotopic (exact) mass is 519 g/mol. The number of nitrogens with one attached hydrogen (secondary N) is 2. The number of carbonyl (C=O) groups is 1. The number of H-pyrrole nitrogens is 1. The Hall–Kier alpha value is -3.60. The molecule has 2 aromatic heterocycles. The van der Waals surface area contributed by atoms with Crippen molar-refractivity contribution in [3.8, 4) is 22.6 Å². The fourth-order valence-corrected chi connectivity index (χ4v) is 4.33. The molecule has 5 rings (SSSR count). The molecule has 0 radical (unpaired) electrons. The van der Waals surface area contributed by atoms with E-state index < -0.39 is 11.7 Å². The van der Waals surface area contributed by atoms with Gasteiger partial charge in [-0.2, -0.15) is 0 Å². The van der Waals surface area contributed by atoms with Gasteiger partial charge in [-0.3, -0.25) is 4.79 Å². The first kappa shape index (κ1) is 25.1. The summed E-state index contributed by atoms with van der Waals surface area (Å²) in [5.41, 5.74) is 2.85. The molecule has 1 aliphatic heterocycles. The molecule has 0 atom stereocenters. The van der Waals surface area contributed by atoms with Gasteiger partial charge in [0.15, 0.2) is 11.0 Å². The maximum atomic E-state index is 13.6. The number of aromatic nitrogens is 4. The van der Waals surface area contributed by atoms with Crippen molar-refractivity contribution >= 4 is 17.7 Å². The van der Waals surface area contributed by atoms with Gasteiger partial charge in [-0.15, -0.1) is 0 Å². The van der Waals surface area contributed by atoms with Crippen LogP contribution in [-0.2, 0) is 9.47 Å². The summed E-state index contributed by atoms with van der Waals surface area (Å²) < 4.78 is 25.7. The van der Waals surface area contributed by atoms with Gasteiger partial charge in [0.2, 0.25) is 6.29 Å². The fraction of sp³-hybridized carbons (Fsp3) is 0.259. The van der Waals surface area contributed by atoms with Crippen LogP contribution in [0, 0.1) is 11.2 Å². The molecule has 2 aromatic carbocycles. The number of thioether (sulfide) groups is 1. The first-order chi connectivity index (χ1) is 17.9. The molecular formula is C27H26FN5O3S. The van der Waals surface area contributed by atoms with Crippen molar-refractivity contribution in [2.24, 2.45) is 5.41 Å². The standard InChI is InChI=1S/C27H26FN5O3S/c1-27(14-30-24(34)18-6-4-3-5-7-18)15-35-25(36-16-27)23-32-21(17-8-10-19(28)11-9-17)22(33-23)20-12-13-29-26(31-20)37-2/h3-13,25H,14-16H2,1-2H3,(H,30,34)(H,32,33). The molecule has 1 amide bonds. The quantitative estimate of drug-likeness (QED) is 0.265. The highest BCUT2D eigenvalue weighted by atomic mass is 32.2. The number of ether oxygens (including phenoxy) is 2. The van der Waals surface area contributed by atoms with E-state index in [0.717, 1.165) is 5.56 Å². The molecule has 3 heterocycles. The van der Waals surface area contributed by atoms with Crippen molar-refractivity contribution in [3.63, 3.8) is 0 Å². The third kappa shape index (κ3) is 5.71. The highest BCUT2D eigenvalue weighted by molar-refractivity contribution is 7.98. The van der Waals surface area contributed by atoms with Crippen LogP contribution >= 0.6 is 11.8 Å². The van der Waals surface area contributed by atoms with E-state index in [9.17, 15) is 9.18 Å². The Balaban J connectivity index is 1.34. The number of amides is 1. The molecular weight excluding hydrogens is 493 g/mol. The summed E-state index contributed by atoms with van der Waals surface area (Å²) in [6.45, 7) is 3.12. The molecule has 0 bridgehead atoms. The van der Waals surface area contributed by atoms with E-state index in [2.05, 4.69) is 20.3 Å². The zero-order valence-electron chi connectivity index (χ0n) is 20.4. The number of hydrogen-bond donors (Lipinski definition) is 2. The lowest BCUT2D eigenvalue weighted by molar-refractivity contribution is -0.231. The maximum Gasteiger partial charge on any atom is 0.251 e. The summed E-state index contributed by atoms with van der Waals surface area (Å²) in [7, 11) is 0. The predicted octanol–water partition coefficient (Wildman–Crippen LogP) is 4.88. The highest BCUT2D eigenvalue weighted by Gasteiger charge is 2.35. The molecule has 10 heteroatoms. The molecule has 1 fully saturated rings. The smallest absolute Gasteiger partial charge is 0.251 e. The second-order valence-corrected chi connectivity index (χ2v) is 9.87. The number of carbonyl (C=O) groups excluding carboxylic acids is 1. The molecule has 1 aliphatic rings. The van der Waals surface area contributed by atoms with E-state index in [0.29, 0.717) is 53.4 Å². The van der Waals surface area contributed by atoms with Gasteiger partial charge in [-0.1, -0.05) is 36.9 Å². The second-order valence-electron chi connectivity index (χ2n) is 9.09. The van der Waals surface area contributed by atoms with Crippen molar-refractivity contribution in [1.29, 1.82) is 0 Å². The van der Waals surface area contributed by atoms with Gasteiger partial charge in [-0.25, -0.2) is 19.3 Å². The van der Waals surface area contributed by atoms with Crippen molar-refractivity contribution in [1.82, 2.24) is 25.3 Å². The molecule has 0 aliphatic carbocycles. The van der Waals surface area contributed by atoms with Crippen LogP contribution in [0.1, 0.15) is 29.4 Å². The molecule has 0 spiro atoms. The molecule has 2 N–H and O–H groups in total. The average molecular weight is 520 g/mol. The Morgan fingerprint density at radius 2 is 1.84 bits per heavy atom. The van der Waals surface area contributed by atoms with Gasteiger partial charge in [0.25, 0.3) is 5.91 Å². The van der Waals surface area contributed by atoms with Gasteiger partial charge in [-0.05, 0) is 48.7 Å². The normalized spacial score (nSPS) is 19.5. The summed E-state index contributed by atoms with van der Waals surface area (Å²) in [6, 6.07) is 17.0. The largest absolute Gasteiger partial charge is 0.351 e. The van der Waals surface area contributed by atoms with Crippen LogP contribution in [0.25, 0.3) is 22.6 Å². The summed E-state index contributed by atoms with van der Waals surface area (Å²) >= 11 is 1.44. The Labute approximate surface area is 218 Å². The second kappa shape index (κ2) is 10.8. The van der Waals surface area contributed by atoms with Crippen LogP contribution in [0.3, 0.4) is 0 Å². The van der Waals surface area contributed by atoms with E-state index in [-0.39, 0.29) is 11.7 Å². The summed E-state index contributed by atoms with van der Waals surface area (Å²) in [5, 5.41) is 3.59. The van der Waals surface area contributed by atoms with Crippen LogP contribution < -0.4 is 5.32 Å². The van der Waals surface area contributed by atoms with Crippen LogP contribution in [0.2, 0.25) is 0 Å². The van der Waals surface area contributed by atoms with Crippen LogP contribution in [0.15, 0.2) is 72.0 Å². The minimum absolute atomic E-state index is 0.141. The molecule has 190 valence electrons. The molecule has 37 heavy (non-hydrogen) atoms. The van der Waals surface area contributed by atoms with Crippen LogP contribution in [-0.4, -0.2) is 51.9 Å². The molecule has 1 saturated heterocycles. The van der Waals surface area contributed by atoms with E-state index >= 15 is 0 Å². The zero-order valence-corrected chi connectivity index (χ0v) is 21.2. The number of rotatable bonds is 7. The number of nitrogens with zero attached hydrogens (tertiary/aromatic N) is 3. The Morgan fingerprint density at radius 3 is 2.54 bits per heavy atom. The zero-order chi connectivity index (χ0) is 25.8.